The third-order valence-corrected chi connectivity index (χ3v) is 2.23. The maximum atomic E-state index is 10.9. The minimum atomic E-state index is -0.365. The van der Waals surface area contributed by atoms with Crippen molar-refractivity contribution in [3.63, 3.8) is 0 Å². The summed E-state index contributed by atoms with van der Waals surface area (Å²) in [7, 11) is 0. The van der Waals surface area contributed by atoms with Crippen molar-refractivity contribution in [1.82, 2.24) is 5.32 Å². The minimum Gasteiger partial charge on any atom is -0.375 e. The summed E-state index contributed by atoms with van der Waals surface area (Å²) in [5.41, 5.74) is 1.29. The van der Waals surface area contributed by atoms with Crippen LogP contribution < -0.4 is 5.32 Å². The molecule has 0 aliphatic heterocycles. The van der Waals surface area contributed by atoms with E-state index in [0.29, 0.717) is 6.54 Å². The molecule has 0 saturated carbocycles. The number of nitrogens with one attached hydrogen (secondary N) is 1. The molecule has 0 fully saturated rings. The van der Waals surface area contributed by atoms with Crippen molar-refractivity contribution in [2.75, 3.05) is 12.8 Å². The third kappa shape index (κ3) is 5.32. The lowest BCUT2D eigenvalue weighted by Crippen LogP contribution is -2.23. The van der Waals surface area contributed by atoms with Gasteiger partial charge in [-0.05, 0) is 18.4 Å². The lowest BCUT2D eigenvalue weighted by Gasteiger charge is -2.03. The number of benzene rings is 1. The topological polar surface area (TPSA) is 38.3 Å². The molecule has 3 nitrogen and oxygen atoms in total. The summed E-state index contributed by atoms with van der Waals surface area (Å²) in [4.78, 5) is 10.9. The van der Waals surface area contributed by atoms with E-state index in [1.807, 2.05) is 18.2 Å². The molecule has 1 rings (SSSR count). The Labute approximate surface area is 94.4 Å². The Kier molecular flexibility index (Phi) is 5.70. The summed E-state index contributed by atoms with van der Waals surface area (Å²) in [5, 5.41) is 2.67. The van der Waals surface area contributed by atoms with Gasteiger partial charge in [-0.1, -0.05) is 30.3 Å². The zero-order valence-electron chi connectivity index (χ0n) is 8.73. The number of carbonyl (C=O) groups excluding carboxylic acids is 1. The Morgan fingerprint density at radius 1 is 1.40 bits per heavy atom. The van der Waals surface area contributed by atoms with Gasteiger partial charge in [-0.2, -0.15) is 0 Å². The van der Waals surface area contributed by atoms with Gasteiger partial charge >= 0.3 is 6.09 Å². The Bertz CT molecular complexity index is 290. The molecule has 4 heteroatoms. The van der Waals surface area contributed by atoms with Crippen LogP contribution in [0.25, 0.3) is 0 Å². The largest absolute Gasteiger partial charge is 0.419 e. The van der Waals surface area contributed by atoms with Crippen molar-refractivity contribution in [2.24, 2.45) is 0 Å². The normalized spacial score (nSPS) is 9.67. The van der Waals surface area contributed by atoms with Gasteiger partial charge < -0.3 is 9.50 Å². The van der Waals surface area contributed by atoms with E-state index in [0.717, 1.165) is 24.9 Å². The zero-order valence-corrected chi connectivity index (χ0v) is 9.55. The SMILES string of the molecule is CSOC(=O)NCCCc1ccccc1. The maximum Gasteiger partial charge on any atom is 0.419 e. The van der Waals surface area contributed by atoms with Crippen LogP contribution in [0.15, 0.2) is 30.3 Å². The Morgan fingerprint density at radius 3 is 2.80 bits per heavy atom. The van der Waals surface area contributed by atoms with Crippen LogP contribution in [0.5, 0.6) is 0 Å². The summed E-state index contributed by atoms with van der Waals surface area (Å²) in [5.74, 6) is 0. The van der Waals surface area contributed by atoms with Crippen LogP contribution in [0.3, 0.4) is 0 Å². The molecule has 82 valence electrons. The average Bonchev–Trinajstić information content (AvgIpc) is 2.26. The first-order valence-corrected chi connectivity index (χ1v) is 6.00. The summed E-state index contributed by atoms with van der Waals surface area (Å²) >= 11 is 1.05. The van der Waals surface area contributed by atoms with Gasteiger partial charge in [-0.3, -0.25) is 0 Å². The highest BCUT2D eigenvalue weighted by Gasteiger charge is 1.99. The van der Waals surface area contributed by atoms with Crippen LogP contribution >= 0.6 is 12.0 Å². The second-order valence-electron chi connectivity index (χ2n) is 3.05. The van der Waals surface area contributed by atoms with E-state index in [9.17, 15) is 4.79 Å². The van der Waals surface area contributed by atoms with Gasteiger partial charge in [0.15, 0.2) is 0 Å². The van der Waals surface area contributed by atoms with Crippen LogP contribution in [-0.4, -0.2) is 18.9 Å². The van der Waals surface area contributed by atoms with Gasteiger partial charge in [0.25, 0.3) is 0 Å². The third-order valence-electron chi connectivity index (χ3n) is 1.91. The smallest absolute Gasteiger partial charge is 0.375 e. The predicted molar refractivity (Wildman–Crippen MR) is 62.8 cm³/mol. The van der Waals surface area contributed by atoms with Gasteiger partial charge in [0.05, 0.1) is 12.0 Å². The number of rotatable bonds is 5. The van der Waals surface area contributed by atoms with Crippen molar-refractivity contribution < 1.29 is 8.98 Å². The van der Waals surface area contributed by atoms with E-state index in [4.69, 9.17) is 0 Å². The molecule has 0 aliphatic rings. The molecule has 0 atom stereocenters. The molecular formula is C11H15NO2S. The maximum absolute atomic E-state index is 10.9. The molecule has 0 aliphatic carbocycles. The first-order chi connectivity index (χ1) is 7.33. The molecule has 1 aromatic carbocycles. The van der Waals surface area contributed by atoms with Crippen molar-refractivity contribution >= 4 is 18.1 Å². The second-order valence-corrected chi connectivity index (χ2v) is 3.55. The number of carbonyl (C=O) groups is 1. The van der Waals surface area contributed by atoms with Gasteiger partial charge in [0.1, 0.15) is 0 Å². The van der Waals surface area contributed by atoms with Crippen LogP contribution in [0.2, 0.25) is 0 Å². The first-order valence-electron chi connectivity index (χ1n) is 4.85. The Balaban J connectivity index is 2.10. The van der Waals surface area contributed by atoms with E-state index in [1.165, 1.54) is 5.56 Å². The quantitative estimate of drug-likeness (QED) is 0.618. The van der Waals surface area contributed by atoms with Crippen LogP contribution in [-0.2, 0) is 10.6 Å². The van der Waals surface area contributed by atoms with Crippen molar-refractivity contribution in [2.45, 2.75) is 12.8 Å². The van der Waals surface area contributed by atoms with Gasteiger partial charge in [0.2, 0.25) is 0 Å². The molecule has 0 heterocycles. The molecule has 0 radical (unpaired) electrons. The van der Waals surface area contributed by atoms with Crippen LogP contribution in [0.4, 0.5) is 4.79 Å². The van der Waals surface area contributed by atoms with Gasteiger partial charge in [0, 0.05) is 12.8 Å². The average molecular weight is 225 g/mol. The molecule has 1 N–H and O–H groups in total. The molecule has 0 spiro atoms. The molecule has 0 saturated heterocycles. The fourth-order valence-electron chi connectivity index (χ4n) is 1.23. The van der Waals surface area contributed by atoms with Gasteiger partial charge in [-0.15, -0.1) is 0 Å². The van der Waals surface area contributed by atoms with Crippen molar-refractivity contribution in [3.8, 4) is 0 Å². The fraction of sp³-hybridized carbons (Fsp3) is 0.364. The Morgan fingerprint density at radius 2 is 2.13 bits per heavy atom. The lowest BCUT2D eigenvalue weighted by molar-refractivity contribution is 0.208. The van der Waals surface area contributed by atoms with Gasteiger partial charge in [-0.25, -0.2) is 4.79 Å². The summed E-state index contributed by atoms with van der Waals surface area (Å²) in [6, 6.07) is 10.2. The molecule has 0 bridgehead atoms. The first kappa shape index (κ1) is 11.9. The van der Waals surface area contributed by atoms with Crippen LogP contribution in [0, 0.1) is 0 Å². The second kappa shape index (κ2) is 7.17. The van der Waals surface area contributed by atoms with E-state index in [2.05, 4.69) is 21.6 Å². The highest BCUT2D eigenvalue weighted by Crippen LogP contribution is 2.01. The van der Waals surface area contributed by atoms with E-state index in [1.54, 1.807) is 6.26 Å². The molecule has 0 unspecified atom stereocenters. The van der Waals surface area contributed by atoms with Crippen molar-refractivity contribution in [1.29, 1.82) is 0 Å². The number of amides is 1. The summed E-state index contributed by atoms with van der Waals surface area (Å²) in [6.45, 7) is 0.647. The van der Waals surface area contributed by atoms with Crippen molar-refractivity contribution in [3.05, 3.63) is 35.9 Å². The summed E-state index contributed by atoms with van der Waals surface area (Å²) in [6.07, 6.45) is 3.24. The lowest BCUT2D eigenvalue weighted by atomic mass is 10.1. The zero-order chi connectivity index (χ0) is 10.9. The minimum absolute atomic E-state index is 0.365. The number of hydrogen-bond acceptors (Lipinski definition) is 3. The molecule has 15 heavy (non-hydrogen) atoms. The van der Waals surface area contributed by atoms with E-state index >= 15 is 0 Å². The fourth-order valence-corrected chi connectivity index (χ4v) is 1.44. The van der Waals surface area contributed by atoms with E-state index < -0.39 is 0 Å². The monoisotopic (exact) mass is 225 g/mol. The Hall–Kier alpha value is -1.16. The standard InChI is InChI=1S/C11H15NO2S/c1-15-14-11(13)12-9-5-8-10-6-3-2-4-7-10/h2-4,6-7H,5,8-9H2,1H3,(H,12,13). The van der Waals surface area contributed by atoms with E-state index in [-0.39, 0.29) is 6.09 Å². The highest BCUT2D eigenvalue weighted by atomic mass is 32.2. The molecule has 1 amide bonds. The predicted octanol–water partition coefficient (Wildman–Crippen LogP) is 2.62. The number of aryl methyl sites for hydroxylation is 1. The molecular weight excluding hydrogens is 210 g/mol. The highest BCUT2D eigenvalue weighted by molar-refractivity contribution is 7.94. The molecule has 0 aromatic heterocycles. The summed E-state index contributed by atoms with van der Waals surface area (Å²) < 4.78 is 4.66. The number of hydrogen-bond donors (Lipinski definition) is 1. The molecule has 1 aromatic rings. The van der Waals surface area contributed by atoms with Crippen LogP contribution in [0.1, 0.15) is 12.0 Å².